The second-order valence-corrected chi connectivity index (χ2v) is 10.0. The largest absolute Gasteiger partial charge is 0.481 e. The van der Waals surface area contributed by atoms with Crippen molar-refractivity contribution < 1.29 is 51.7 Å². The van der Waals surface area contributed by atoms with Crippen LogP contribution in [-0.4, -0.2) is 99.5 Å². The predicted molar refractivity (Wildman–Crippen MR) is 120 cm³/mol. The molecule has 1 aromatic carbocycles. The first-order valence-corrected chi connectivity index (χ1v) is 12.8. The maximum Gasteiger partial charge on any atom is 0.305 e. The van der Waals surface area contributed by atoms with Crippen molar-refractivity contribution in [2.24, 2.45) is 0 Å². The zero-order valence-corrected chi connectivity index (χ0v) is 20.1. The molecular formula is C22H26N2O11S. The smallest absolute Gasteiger partial charge is 0.305 e. The molecule has 2 N–H and O–H groups in total. The number of carboxylic acid groups (broad SMARTS) is 1. The number of nitrogens with one attached hydrogen (secondary N) is 1. The Morgan fingerprint density at radius 3 is 2.25 bits per heavy atom. The van der Waals surface area contributed by atoms with Gasteiger partial charge in [-0.05, 0) is 18.6 Å². The quantitative estimate of drug-likeness (QED) is 0.233. The third-order valence-corrected chi connectivity index (χ3v) is 7.18. The van der Waals surface area contributed by atoms with Crippen molar-refractivity contribution in [2.75, 3.05) is 45.4 Å². The highest BCUT2D eigenvalue weighted by atomic mass is 32.2. The van der Waals surface area contributed by atoms with Crippen LogP contribution >= 0.6 is 0 Å². The van der Waals surface area contributed by atoms with Crippen molar-refractivity contribution >= 4 is 39.4 Å². The molecular weight excluding hydrogens is 500 g/mol. The minimum absolute atomic E-state index is 0.0391. The van der Waals surface area contributed by atoms with Crippen LogP contribution in [0.3, 0.4) is 0 Å². The van der Waals surface area contributed by atoms with E-state index in [0.717, 1.165) is 0 Å². The first kappa shape index (κ1) is 27.4. The lowest BCUT2D eigenvalue weighted by Gasteiger charge is -2.27. The van der Waals surface area contributed by atoms with E-state index in [-0.39, 0.29) is 74.9 Å². The highest BCUT2D eigenvalue weighted by Gasteiger charge is 2.46. The fourth-order valence-electron chi connectivity index (χ4n) is 3.72. The minimum atomic E-state index is -4.02. The summed E-state index contributed by atoms with van der Waals surface area (Å²) in [5.74, 6) is -4.40. The van der Waals surface area contributed by atoms with Crippen molar-refractivity contribution in [3.05, 3.63) is 29.3 Å². The third-order valence-electron chi connectivity index (χ3n) is 5.47. The molecule has 3 rings (SSSR count). The monoisotopic (exact) mass is 526 g/mol. The molecule has 1 fully saturated rings. The fourth-order valence-corrected chi connectivity index (χ4v) is 5.07. The van der Waals surface area contributed by atoms with E-state index >= 15 is 0 Å². The SMILES string of the molecule is O=C(O)CCOCCOCCOCCS(=O)(=O)c1cccc2c1C(=O)N(C1CCC(=O)NC1=O)C2=O. The van der Waals surface area contributed by atoms with Crippen LogP contribution in [0, 0.1) is 0 Å². The summed E-state index contributed by atoms with van der Waals surface area (Å²) in [6.45, 7) is 0.578. The van der Waals surface area contributed by atoms with Crippen molar-refractivity contribution in [3.63, 3.8) is 0 Å². The Kier molecular flexibility index (Phi) is 9.25. The van der Waals surface area contributed by atoms with Gasteiger partial charge in [-0.2, -0.15) is 0 Å². The van der Waals surface area contributed by atoms with Crippen molar-refractivity contribution in [3.8, 4) is 0 Å². The summed E-state index contributed by atoms with van der Waals surface area (Å²) in [7, 11) is -4.02. The Labute approximate surface area is 206 Å². The van der Waals surface area contributed by atoms with Crippen molar-refractivity contribution in [1.29, 1.82) is 0 Å². The molecule has 0 aromatic heterocycles. The summed E-state index contributed by atoms with van der Waals surface area (Å²) in [6, 6.07) is 2.69. The van der Waals surface area contributed by atoms with Gasteiger partial charge in [0.25, 0.3) is 11.8 Å². The van der Waals surface area contributed by atoms with Crippen LogP contribution in [0.2, 0.25) is 0 Å². The number of aliphatic carboxylic acids is 1. The van der Waals surface area contributed by atoms with Gasteiger partial charge in [0.15, 0.2) is 9.84 Å². The van der Waals surface area contributed by atoms with E-state index in [4.69, 9.17) is 19.3 Å². The van der Waals surface area contributed by atoms with Crippen LogP contribution in [-0.2, 0) is 38.4 Å². The van der Waals surface area contributed by atoms with Crippen LogP contribution in [0.5, 0.6) is 0 Å². The van der Waals surface area contributed by atoms with Gasteiger partial charge in [-0.3, -0.25) is 34.2 Å². The molecule has 2 aliphatic rings. The topological polar surface area (TPSA) is 183 Å². The van der Waals surface area contributed by atoms with Gasteiger partial charge in [0.1, 0.15) is 6.04 Å². The summed E-state index contributed by atoms with van der Waals surface area (Å²) >= 11 is 0. The molecule has 2 aliphatic heterocycles. The summed E-state index contributed by atoms with van der Waals surface area (Å²) < 4.78 is 41.5. The fraction of sp³-hybridized carbons (Fsp3) is 0.500. The lowest BCUT2D eigenvalue weighted by Crippen LogP contribution is -2.54. The molecule has 0 bridgehead atoms. The molecule has 13 nitrogen and oxygen atoms in total. The van der Waals surface area contributed by atoms with Gasteiger partial charge in [0.2, 0.25) is 11.8 Å². The van der Waals surface area contributed by atoms with Crippen molar-refractivity contribution in [1.82, 2.24) is 10.2 Å². The number of carboxylic acids is 1. The Morgan fingerprint density at radius 2 is 1.61 bits per heavy atom. The normalized spacial score (nSPS) is 17.9. The molecule has 1 aromatic rings. The number of ether oxygens (including phenoxy) is 3. The number of hydrogen-bond donors (Lipinski definition) is 2. The lowest BCUT2D eigenvalue weighted by atomic mass is 10.0. The number of rotatable bonds is 14. The number of imide groups is 2. The molecule has 196 valence electrons. The number of carbonyl (C=O) groups excluding carboxylic acids is 4. The van der Waals surface area contributed by atoms with E-state index in [0.29, 0.717) is 4.90 Å². The molecule has 0 aliphatic carbocycles. The van der Waals surface area contributed by atoms with Gasteiger partial charge < -0.3 is 19.3 Å². The molecule has 1 atom stereocenters. The summed E-state index contributed by atoms with van der Waals surface area (Å²) in [5.41, 5.74) is -0.413. The molecule has 4 amide bonds. The Hall–Kier alpha value is -3.20. The van der Waals surface area contributed by atoms with Crippen LogP contribution in [0.1, 0.15) is 40.0 Å². The van der Waals surface area contributed by atoms with Crippen molar-refractivity contribution in [2.45, 2.75) is 30.2 Å². The zero-order valence-electron chi connectivity index (χ0n) is 19.3. The zero-order chi connectivity index (χ0) is 26.3. The number of hydrogen-bond acceptors (Lipinski definition) is 10. The number of amides is 4. The Bertz CT molecular complexity index is 1150. The molecule has 0 saturated carbocycles. The second kappa shape index (κ2) is 12.2. The van der Waals surface area contributed by atoms with Gasteiger partial charge in [0, 0.05) is 6.42 Å². The van der Waals surface area contributed by atoms with E-state index in [1.807, 2.05) is 0 Å². The summed E-state index contributed by atoms with van der Waals surface area (Å²) in [5, 5.41) is 10.6. The standard InChI is InChI=1S/C22H26N2O11S/c25-17-5-4-15(20(28)23-17)24-21(29)14-2-1-3-16(19(14)22(24)30)36(31,32)13-12-35-11-10-34-9-8-33-7-6-18(26)27/h1-3,15H,4-13H2,(H,26,27)(H,23,25,28). The molecule has 2 heterocycles. The summed E-state index contributed by atoms with van der Waals surface area (Å²) in [4.78, 5) is 60.3. The van der Waals surface area contributed by atoms with Crippen LogP contribution in [0.15, 0.2) is 23.1 Å². The van der Waals surface area contributed by atoms with Gasteiger partial charge in [0.05, 0.1) is 67.8 Å². The number of sulfone groups is 1. The first-order valence-electron chi connectivity index (χ1n) is 11.2. The third kappa shape index (κ3) is 6.51. The lowest BCUT2D eigenvalue weighted by molar-refractivity contribution is -0.138. The second-order valence-electron chi connectivity index (χ2n) is 7.93. The van der Waals surface area contributed by atoms with Crippen LogP contribution in [0.4, 0.5) is 0 Å². The Balaban J connectivity index is 1.52. The number of piperidine rings is 1. The molecule has 36 heavy (non-hydrogen) atoms. The number of benzene rings is 1. The highest BCUT2D eigenvalue weighted by molar-refractivity contribution is 7.91. The van der Waals surface area contributed by atoms with Gasteiger partial charge in [-0.1, -0.05) is 6.07 Å². The first-order chi connectivity index (χ1) is 17.1. The maximum atomic E-state index is 13.1. The molecule has 1 unspecified atom stereocenters. The van der Waals surface area contributed by atoms with Gasteiger partial charge in [-0.25, -0.2) is 8.42 Å². The van der Waals surface area contributed by atoms with E-state index < -0.39 is 51.2 Å². The molecule has 14 heteroatoms. The van der Waals surface area contributed by atoms with E-state index in [1.54, 1.807) is 0 Å². The average Bonchev–Trinajstić information content (AvgIpc) is 3.07. The highest BCUT2D eigenvalue weighted by Crippen LogP contribution is 2.32. The number of nitrogens with zero attached hydrogens (tertiary/aromatic N) is 1. The number of fused-ring (bicyclic) bond motifs is 1. The molecule has 0 spiro atoms. The minimum Gasteiger partial charge on any atom is -0.481 e. The summed E-state index contributed by atoms with van der Waals surface area (Å²) in [6.07, 6.45) is -0.187. The Morgan fingerprint density at radius 1 is 0.972 bits per heavy atom. The van der Waals surface area contributed by atoms with Crippen LogP contribution in [0.25, 0.3) is 0 Å². The van der Waals surface area contributed by atoms with E-state index in [1.165, 1.54) is 18.2 Å². The van der Waals surface area contributed by atoms with E-state index in [9.17, 15) is 32.4 Å². The molecule has 1 saturated heterocycles. The van der Waals surface area contributed by atoms with E-state index in [2.05, 4.69) is 5.32 Å². The molecule has 0 radical (unpaired) electrons. The maximum absolute atomic E-state index is 13.1. The predicted octanol–water partition coefficient (Wildman–Crippen LogP) is -0.614. The average molecular weight is 527 g/mol. The van der Waals surface area contributed by atoms with Gasteiger partial charge in [-0.15, -0.1) is 0 Å². The van der Waals surface area contributed by atoms with Crippen LogP contribution < -0.4 is 5.32 Å². The number of carbonyl (C=O) groups is 5. The van der Waals surface area contributed by atoms with Gasteiger partial charge >= 0.3 is 5.97 Å².